The first-order chi connectivity index (χ1) is 11.4. The van der Waals surface area contributed by atoms with Gasteiger partial charge in [-0.05, 0) is 44.2 Å². The van der Waals surface area contributed by atoms with E-state index >= 15 is 0 Å². The Labute approximate surface area is 159 Å². The topological polar surface area (TPSA) is 33.5 Å². The summed E-state index contributed by atoms with van der Waals surface area (Å²) in [5.74, 6) is 1.05. The van der Waals surface area contributed by atoms with Gasteiger partial charge < -0.3 is 4.42 Å². The van der Waals surface area contributed by atoms with Gasteiger partial charge in [-0.3, -0.25) is 9.69 Å². The molecule has 1 aromatic heterocycles. The molecular formula is C17H13Cl2NO2S2. The normalized spacial score (nSPS) is 16.7. The largest absolute Gasteiger partial charge is 0.457 e. The van der Waals surface area contributed by atoms with E-state index in [0.717, 1.165) is 0 Å². The molecule has 3 rings (SSSR count). The lowest BCUT2D eigenvalue weighted by Crippen LogP contribution is -2.34. The molecule has 2 aromatic rings. The molecule has 0 saturated carbocycles. The average molecular weight is 398 g/mol. The van der Waals surface area contributed by atoms with Crippen LogP contribution in [-0.2, 0) is 4.79 Å². The van der Waals surface area contributed by atoms with E-state index in [2.05, 4.69) is 0 Å². The van der Waals surface area contributed by atoms with Gasteiger partial charge >= 0.3 is 0 Å². The summed E-state index contributed by atoms with van der Waals surface area (Å²) in [5.41, 5.74) is 0.707. The van der Waals surface area contributed by atoms with Crippen LogP contribution in [0.2, 0.25) is 10.0 Å². The van der Waals surface area contributed by atoms with Crippen LogP contribution in [-0.4, -0.2) is 21.2 Å². The van der Waals surface area contributed by atoms with Crippen LogP contribution in [0.15, 0.2) is 39.7 Å². The van der Waals surface area contributed by atoms with Gasteiger partial charge in [0.05, 0.1) is 9.93 Å². The van der Waals surface area contributed by atoms with Crippen molar-refractivity contribution >= 4 is 63.5 Å². The van der Waals surface area contributed by atoms with Crippen molar-refractivity contribution in [2.45, 2.75) is 19.9 Å². The van der Waals surface area contributed by atoms with E-state index in [9.17, 15) is 4.79 Å². The molecule has 0 unspecified atom stereocenters. The summed E-state index contributed by atoms with van der Waals surface area (Å²) >= 11 is 18.7. The SMILES string of the molecule is CC(C)N1C(=O)/C(=C\c2ccc(-c3cc(Cl)ccc3Cl)o2)SC1=S. The lowest BCUT2D eigenvalue weighted by molar-refractivity contribution is -0.123. The third kappa shape index (κ3) is 3.40. The van der Waals surface area contributed by atoms with Crippen molar-refractivity contribution in [3.8, 4) is 11.3 Å². The Hall–Kier alpha value is -1.27. The Bertz CT molecular complexity index is 858. The standard InChI is InChI=1S/C17H13Cl2NO2S2/c1-9(2)20-16(21)15(24-17(20)23)8-11-4-6-14(22-11)12-7-10(18)3-5-13(12)19/h3-9H,1-2H3/b15-8+. The molecule has 0 radical (unpaired) electrons. The molecule has 1 aromatic carbocycles. The predicted molar refractivity (Wildman–Crippen MR) is 104 cm³/mol. The number of rotatable bonds is 3. The number of furan rings is 1. The summed E-state index contributed by atoms with van der Waals surface area (Å²) in [6, 6.07) is 8.79. The molecule has 1 aliphatic heterocycles. The van der Waals surface area contributed by atoms with E-state index < -0.39 is 0 Å². The third-order valence-corrected chi connectivity index (χ3v) is 5.33. The van der Waals surface area contributed by atoms with Crippen LogP contribution in [0.4, 0.5) is 0 Å². The number of hydrogen-bond donors (Lipinski definition) is 0. The number of halogens is 2. The first kappa shape index (κ1) is 17.5. The number of carbonyl (C=O) groups is 1. The zero-order chi connectivity index (χ0) is 17.4. The van der Waals surface area contributed by atoms with Gasteiger partial charge in [-0.25, -0.2) is 0 Å². The molecule has 124 valence electrons. The Morgan fingerprint density at radius 3 is 2.67 bits per heavy atom. The first-order valence-corrected chi connectivity index (χ1v) is 9.17. The summed E-state index contributed by atoms with van der Waals surface area (Å²) < 4.78 is 6.36. The summed E-state index contributed by atoms with van der Waals surface area (Å²) in [6.07, 6.45) is 1.70. The highest BCUT2D eigenvalue weighted by molar-refractivity contribution is 8.26. The monoisotopic (exact) mass is 397 g/mol. The van der Waals surface area contributed by atoms with Crippen LogP contribution in [0.3, 0.4) is 0 Å². The molecule has 1 aliphatic rings. The third-order valence-electron chi connectivity index (χ3n) is 3.43. The van der Waals surface area contributed by atoms with Gasteiger partial charge in [-0.1, -0.05) is 47.2 Å². The number of thioether (sulfide) groups is 1. The number of amides is 1. The second-order valence-electron chi connectivity index (χ2n) is 5.47. The van der Waals surface area contributed by atoms with Crippen LogP contribution in [0.25, 0.3) is 17.4 Å². The molecule has 0 bridgehead atoms. The Kier molecular flexibility index (Phi) is 5.06. The fraction of sp³-hybridized carbons (Fsp3) is 0.176. The van der Waals surface area contributed by atoms with Crippen LogP contribution in [0, 0.1) is 0 Å². The smallest absolute Gasteiger partial charge is 0.266 e. The zero-order valence-electron chi connectivity index (χ0n) is 12.9. The summed E-state index contributed by atoms with van der Waals surface area (Å²) in [7, 11) is 0. The quantitative estimate of drug-likeness (QED) is 0.479. The van der Waals surface area contributed by atoms with Gasteiger partial charge in [0, 0.05) is 22.7 Å². The van der Waals surface area contributed by atoms with Gasteiger partial charge in [0.15, 0.2) is 0 Å². The molecule has 0 atom stereocenters. The van der Waals surface area contributed by atoms with Crippen LogP contribution < -0.4 is 0 Å². The van der Waals surface area contributed by atoms with Crippen LogP contribution in [0.5, 0.6) is 0 Å². The summed E-state index contributed by atoms with van der Waals surface area (Å²) in [5, 5.41) is 1.12. The van der Waals surface area contributed by atoms with Crippen molar-refractivity contribution in [3.63, 3.8) is 0 Å². The van der Waals surface area contributed by atoms with Crippen molar-refractivity contribution < 1.29 is 9.21 Å². The van der Waals surface area contributed by atoms with Gasteiger partial charge in [0.25, 0.3) is 5.91 Å². The lowest BCUT2D eigenvalue weighted by Gasteiger charge is -2.18. The molecule has 3 nitrogen and oxygen atoms in total. The number of thiocarbonyl (C=S) groups is 1. The van der Waals surface area contributed by atoms with E-state index in [1.54, 1.807) is 41.3 Å². The van der Waals surface area contributed by atoms with Crippen molar-refractivity contribution in [1.82, 2.24) is 4.90 Å². The van der Waals surface area contributed by atoms with Gasteiger partial charge in [-0.15, -0.1) is 0 Å². The van der Waals surface area contributed by atoms with Gasteiger partial charge in [-0.2, -0.15) is 0 Å². The Morgan fingerprint density at radius 1 is 1.25 bits per heavy atom. The Balaban J connectivity index is 1.91. The first-order valence-electron chi connectivity index (χ1n) is 7.19. The molecule has 1 saturated heterocycles. The predicted octanol–water partition coefficient (Wildman–Crippen LogP) is 5.86. The minimum atomic E-state index is -0.0984. The number of carbonyl (C=O) groups excluding carboxylic acids is 1. The van der Waals surface area contributed by atoms with E-state index in [0.29, 0.717) is 36.4 Å². The van der Waals surface area contributed by atoms with E-state index in [4.69, 9.17) is 39.8 Å². The highest BCUT2D eigenvalue weighted by atomic mass is 35.5. The Morgan fingerprint density at radius 2 is 2.00 bits per heavy atom. The fourth-order valence-corrected chi connectivity index (χ4v) is 4.20. The van der Waals surface area contributed by atoms with Crippen LogP contribution >= 0.6 is 47.2 Å². The highest BCUT2D eigenvalue weighted by Gasteiger charge is 2.33. The molecule has 1 fully saturated rings. The molecule has 24 heavy (non-hydrogen) atoms. The van der Waals surface area contributed by atoms with Crippen molar-refractivity contribution in [2.24, 2.45) is 0 Å². The number of hydrogen-bond acceptors (Lipinski definition) is 4. The van der Waals surface area contributed by atoms with Crippen molar-refractivity contribution in [3.05, 3.63) is 51.0 Å². The second-order valence-corrected chi connectivity index (χ2v) is 7.99. The molecule has 2 heterocycles. The number of benzene rings is 1. The van der Waals surface area contributed by atoms with E-state index in [1.165, 1.54) is 11.8 Å². The molecular weight excluding hydrogens is 385 g/mol. The van der Waals surface area contributed by atoms with Crippen molar-refractivity contribution in [1.29, 1.82) is 0 Å². The second kappa shape index (κ2) is 6.92. The lowest BCUT2D eigenvalue weighted by atomic mass is 10.2. The molecule has 1 amide bonds. The van der Waals surface area contributed by atoms with E-state index in [-0.39, 0.29) is 11.9 Å². The minimum Gasteiger partial charge on any atom is -0.457 e. The van der Waals surface area contributed by atoms with E-state index in [1.807, 2.05) is 13.8 Å². The van der Waals surface area contributed by atoms with Gasteiger partial charge in [0.2, 0.25) is 0 Å². The summed E-state index contributed by atoms with van der Waals surface area (Å²) in [4.78, 5) is 14.6. The number of nitrogens with zero attached hydrogens (tertiary/aromatic N) is 1. The summed E-state index contributed by atoms with van der Waals surface area (Å²) in [6.45, 7) is 3.86. The van der Waals surface area contributed by atoms with Gasteiger partial charge in [0.1, 0.15) is 15.8 Å². The molecule has 0 N–H and O–H groups in total. The zero-order valence-corrected chi connectivity index (χ0v) is 16.0. The molecule has 0 spiro atoms. The maximum Gasteiger partial charge on any atom is 0.266 e. The average Bonchev–Trinajstić information content (AvgIpc) is 3.07. The highest BCUT2D eigenvalue weighted by Crippen LogP contribution is 2.36. The molecule has 0 aliphatic carbocycles. The maximum atomic E-state index is 12.4. The fourth-order valence-electron chi connectivity index (χ4n) is 2.32. The van der Waals surface area contributed by atoms with Crippen molar-refractivity contribution in [2.75, 3.05) is 0 Å². The molecule has 7 heteroatoms. The minimum absolute atomic E-state index is 0.0285. The van der Waals surface area contributed by atoms with Crippen LogP contribution in [0.1, 0.15) is 19.6 Å². The maximum absolute atomic E-state index is 12.4.